The molecule has 2 aromatic rings. The fourth-order valence-corrected chi connectivity index (χ4v) is 2.61. The largest absolute Gasteiger partial charge is 0.376 e. The van der Waals surface area contributed by atoms with E-state index in [1.165, 1.54) is 0 Å². The van der Waals surface area contributed by atoms with Gasteiger partial charge in [-0.2, -0.15) is 4.98 Å². The summed E-state index contributed by atoms with van der Waals surface area (Å²) in [6.45, 7) is 1.65. The normalized spacial score (nSPS) is 17.7. The molecule has 1 atom stereocenters. The lowest BCUT2D eigenvalue weighted by Crippen LogP contribution is -2.19. The van der Waals surface area contributed by atoms with E-state index in [0.29, 0.717) is 12.1 Å². The van der Waals surface area contributed by atoms with Crippen LogP contribution in [0.1, 0.15) is 12.8 Å². The number of ether oxygens (including phenoxy) is 1. The van der Waals surface area contributed by atoms with Crippen LogP contribution in [0, 0.1) is 0 Å². The fraction of sp³-hybridized carbons (Fsp3) is 0.333. The number of para-hydroxylation sites is 1. The molecule has 1 aliphatic heterocycles. The average Bonchev–Trinajstić information content (AvgIpc) is 3.01. The van der Waals surface area contributed by atoms with Crippen molar-refractivity contribution >= 4 is 33.4 Å². The molecule has 1 saturated heterocycles. The van der Waals surface area contributed by atoms with Gasteiger partial charge in [0.1, 0.15) is 5.82 Å². The lowest BCUT2D eigenvalue weighted by Gasteiger charge is -2.12. The van der Waals surface area contributed by atoms with E-state index < -0.39 is 0 Å². The average molecular weight is 349 g/mol. The van der Waals surface area contributed by atoms with E-state index in [4.69, 9.17) is 4.74 Å². The molecule has 0 radical (unpaired) electrons. The molecule has 0 saturated carbocycles. The van der Waals surface area contributed by atoms with Crippen molar-refractivity contribution in [2.45, 2.75) is 18.9 Å². The fourth-order valence-electron chi connectivity index (χ4n) is 2.22. The zero-order chi connectivity index (χ0) is 14.5. The maximum Gasteiger partial charge on any atom is 0.229 e. The Morgan fingerprint density at radius 1 is 1.29 bits per heavy atom. The Balaban J connectivity index is 1.64. The second-order valence-corrected chi connectivity index (χ2v) is 5.74. The number of benzene rings is 1. The second-order valence-electron chi connectivity index (χ2n) is 4.89. The Hall–Kier alpha value is -1.66. The smallest absolute Gasteiger partial charge is 0.229 e. The number of anilines is 3. The minimum Gasteiger partial charge on any atom is -0.376 e. The van der Waals surface area contributed by atoms with Crippen LogP contribution in [0.15, 0.2) is 41.0 Å². The van der Waals surface area contributed by atoms with Crippen LogP contribution in [0.2, 0.25) is 0 Å². The summed E-state index contributed by atoms with van der Waals surface area (Å²) >= 11 is 3.50. The first-order valence-electron chi connectivity index (χ1n) is 7.01. The van der Waals surface area contributed by atoms with Gasteiger partial charge in [0.25, 0.3) is 0 Å². The summed E-state index contributed by atoms with van der Waals surface area (Å²) in [5.74, 6) is 1.37. The third-order valence-corrected chi connectivity index (χ3v) is 4.00. The van der Waals surface area contributed by atoms with Gasteiger partial charge in [0, 0.05) is 23.8 Å². The number of halogens is 1. The first kappa shape index (κ1) is 14.3. The predicted molar refractivity (Wildman–Crippen MR) is 86.9 cm³/mol. The van der Waals surface area contributed by atoms with Gasteiger partial charge in [0.15, 0.2) is 0 Å². The second kappa shape index (κ2) is 6.87. The van der Waals surface area contributed by atoms with Crippen molar-refractivity contribution in [1.82, 2.24) is 9.97 Å². The maximum absolute atomic E-state index is 5.59. The van der Waals surface area contributed by atoms with Crippen molar-refractivity contribution < 1.29 is 4.74 Å². The van der Waals surface area contributed by atoms with Crippen molar-refractivity contribution in [3.63, 3.8) is 0 Å². The minimum absolute atomic E-state index is 0.291. The highest BCUT2D eigenvalue weighted by Gasteiger charge is 2.15. The van der Waals surface area contributed by atoms with Crippen LogP contribution in [0.5, 0.6) is 0 Å². The number of hydrogen-bond acceptors (Lipinski definition) is 5. The van der Waals surface area contributed by atoms with E-state index in [-0.39, 0.29) is 0 Å². The topological polar surface area (TPSA) is 59.1 Å². The molecular weight excluding hydrogens is 332 g/mol. The van der Waals surface area contributed by atoms with Crippen molar-refractivity contribution in [2.24, 2.45) is 0 Å². The van der Waals surface area contributed by atoms with Gasteiger partial charge in [0.05, 0.1) is 11.8 Å². The van der Waals surface area contributed by atoms with Gasteiger partial charge in [-0.1, -0.05) is 12.1 Å². The Bertz CT molecular complexity index is 602. The molecule has 6 heteroatoms. The molecule has 0 amide bonds. The van der Waals surface area contributed by atoms with E-state index in [9.17, 15) is 0 Å². The van der Waals surface area contributed by atoms with E-state index in [1.807, 2.05) is 30.3 Å². The standard InChI is InChI=1S/C15H17BrN4O/c16-12-5-1-2-6-13(12)19-15-17-8-7-14(20-15)18-10-11-4-3-9-21-11/h1-2,5-8,11H,3-4,9-10H2,(H2,17,18,19,20). The zero-order valence-corrected chi connectivity index (χ0v) is 13.1. The van der Waals surface area contributed by atoms with Gasteiger partial charge in [-0.15, -0.1) is 0 Å². The quantitative estimate of drug-likeness (QED) is 0.864. The monoisotopic (exact) mass is 348 g/mol. The first-order valence-corrected chi connectivity index (χ1v) is 7.80. The molecule has 21 heavy (non-hydrogen) atoms. The van der Waals surface area contributed by atoms with Crippen molar-refractivity contribution in [3.05, 3.63) is 41.0 Å². The van der Waals surface area contributed by atoms with E-state index in [0.717, 1.165) is 42.0 Å². The SMILES string of the molecule is Brc1ccccc1Nc1nccc(NCC2CCCO2)n1. The lowest BCUT2D eigenvalue weighted by atomic mass is 10.2. The van der Waals surface area contributed by atoms with Crippen LogP contribution in [-0.4, -0.2) is 29.2 Å². The highest BCUT2D eigenvalue weighted by molar-refractivity contribution is 9.10. The molecule has 3 rings (SSSR count). The number of aromatic nitrogens is 2. The molecule has 1 aromatic carbocycles. The van der Waals surface area contributed by atoms with Crippen molar-refractivity contribution in [1.29, 1.82) is 0 Å². The zero-order valence-electron chi connectivity index (χ0n) is 11.6. The highest BCUT2D eigenvalue weighted by Crippen LogP contribution is 2.24. The Morgan fingerprint density at radius 3 is 3.00 bits per heavy atom. The summed E-state index contributed by atoms with van der Waals surface area (Å²) in [6.07, 6.45) is 4.29. The van der Waals surface area contributed by atoms with Crippen LogP contribution in [0.3, 0.4) is 0 Å². The molecule has 1 aliphatic rings. The van der Waals surface area contributed by atoms with Gasteiger partial charge in [0.2, 0.25) is 5.95 Å². The molecule has 2 N–H and O–H groups in total. The molecule has 1 fully saturated rings. The third kappa shape index (κ3) is 3.92. The van der Waals surface area contributed by atoms with Crippen LogP contribution in [0.4, 0.5) is 17.5 Å². The Morgan fingerprint density at radius 2 is 2.19 bits per heavy atom. The van der Waals surface area contributed by atoms with Gasteiger partial charge in [-0.3, -0.25) is 0 Å². The molecule has 0 bridgehead atoms. The van der Waals surface area contributed by atoms with E-state index >= 15 is 0 Å². The summed E-state index contributed by atoms with van der Waals surface area (Å²) in [7, 11) is 0. The highest BCUT2D eigenvalue weighted by atomic mass is 79.9. The van der Waals surface area contributed by atoms with E-state index in [1.54, 1.807) is 6.20 Å². The maximum atomic E-state index is 5.59. The molecule has 0 spiro atoms. The van der Waals surface area contributed by atoms with Gasteiger partial charge < -0.3 is 15.4 Å². The number of rotatable bonds is 5. The van der Waals surface area contributed by atoms with Gasteiger partial charge in [-0.25, -0.2) is 4.98 Å². The third-order valence-electron chi connectivity index (χ3n) is 3.31. The molecule has 1 unspecified atom stereocenters. The predicted octanol–water partition coefficient (Wildman–Crippen LogP) is 3.57. The summed E-state index contributed by atoms with van der Waals surface area (Å²) in [4.78, 5) is 8.70. The number of hydrogen-bond donors (Lipinski definition) is 2. The molecule has 110 valence electrons. The van der Waals surface area contributed by atoms with Crippen LogP contribution < -0.4 is 10.6 Å². The number of nitrogens with zero attached hydrogens (tertiary/aromatic N) is 2. The van der Waals surface area contributed by atoms with Gasteiger partial charge in [-0.05, 0) is 47.0 Å². The summed E-state index contributed by atoms with van der Waals surface area (Å²) in [5.41, 5.74) is 0.939. The van der Waals surface area contributed by atoms with Crippen LogP contribution in [-0.2, 0) is 4.74 Å². The van der Waals surface area contributed by atoms with Crippen LogP contribution in [0.25, 0.3) is 0 Å². The molecular formula is C15H17BrN4O. The molecule has 1 aromatic heterocycles. The van der Waals surface area contributed by atoms with Crippen molar-refractivity contribution in [3.8, 4) is 0 Å². The Labute approximate surface area is 132 Å². The van der Waals surface area contributed by atoms with Crippen molar-refractivity contribution in [2.75, 3.05) is 23.8 Å². The molecule has 5 nitrogen and oxygen atoms in total. The molecule has 0 aliphatic carbocycles. The van der Waals surface area contributed by atoms with E-state index in [2.05, 4.69) is 36.5 Å². The molecule has 2 heterocycles. The Kier molecular flexibility index (Phi) is 4.67. The summed E-state index contributed by atoms with van der Waals surface area (Å²) in [6, 6.07) is 9.74. The van der Waals surface area contributed by atoms with Gasteiger partial charge >= 0.3 is 0 Å². The van der Waals surface area contributed by atoms with Crippen LogP contribution >= 0.6 is 15.9 Å². The summed E-state index contributed by atoms with van der Waals surface area (Å²) < 4.78 is 6.57. The number of nitrogens with one attached hydrogen (secondary N) is 2. The lowest BCUT2D eigenvalue weighted by molar-refractivity contribution is 0.120. The first-order chi connectivity index (χ1) is 10.3. The minimum atomic E-state index is 0.291. The summed E-state index contributed by atoms with van der Waals surface area (Å²) in [5, 5.41) is 6.50.